The van der Waals surface area contributed by atoms with Gasteiger partial charge in [-0.15, -0.1) is 0 Å². The number of hydrogen-bond donors (Lipinski definition) is 2. The van der Waals surface area contributed by atoms with Crippen molar-refractivity contribution < 1.29 is 5.11 Å². The lowest BCUT2D eigenvalue weighted by Gasteiger charge is -2.37. The van der Waals surface area contributed by atoms with Gasteiger partial charge < -0.3 is 10.4 Å². The Kier molecular flexibility index (Phi) is 5.90. The maximum absolute atomic E-state index is 9.59. The number of rotatable bonds is 7. The van der Waals surface area contributed by atoms with E-state index in [4.69, 9.17) is 0 Å². The van der Waals surface area contributed by atoms with Crippen LogP contribution in [0.15, 0.2) is 0 Å². The van der Waals surface area contributed by atoms with Crippen LogP contribution in [0.5, 0.6) is 0 Å². The smallest absolute Gasteiger partial charge is 0.0611 e. The first kappa shape index (κ1) is 14.9. The molecule has 102 valence electrons. The lowest BCUT2D eigenvalue weighted by atomic mass is 9.93. The second kappa shape index (κ2) is 6.72. The molecule has 0 aromatic carbocycles. The summed E-state index contributed by atoms with van der Waals surface area (Å²) in [6.07, 6.45) is 4.78. The predicted molar refractivity (Wildman–Crippen MR) is 73.3 cm³/mol. The quantitative estimate of drug-likeness (QED) is 0.717. The third-order valence-corrected chi connectivity index (χ3v) is 4.07. The number of nitrogens with zero attached hydrogens (tertiary/aromatic N) is 1. The number of hydrogen-bond acceptors (Lipinski definition) is 3. The maximum atomic E-state index is 9.59. The molecule has 0 amide bonds. The molecule has 0 radical (unpaired) electrons. The van der Waals surface area contributed by atoms with Gasteiger partial charge in [0.25, 0.3) is 0 Å². The van der Waals surface area contributed by atoms with Crippen molar-refractivity contribution in [2.75, 3.05) is 19.7 Å². The highest BCUT2D eigenvalue weighted by Crippen LogP contribution is 2.24. The van der Waals surface area contributed by atoms with Crippen LogP contribution >= 0.6 is 0 Å². The molecule has 1 aliphatic heterocycles. The highest BCUT2D eigenvalue weighted by Gasteiger charge is 2.31. The van der Waals surface area contributed by atoms with Crippen LogP contribution in [-0.2, 0) is 0 Å². The van der Waals surface area contributed by atoms with Gasteiger partial charge in [0.2, 0.25) is 0 Å². The zero-order valence-electron chi connectivity index (χ0n) is 12.0. The molecule has 1 fully saturated rings. The Balaban J connectivity index is 2.48. The second-order valence-electron chi connectivity index (χ2n) is 5.93. The summed E-state index contributed by atoms with van der Waals surface area (Å²) in [5, 5.41) is 13.1. The molecular weight excluding hydrogens is 212 g/mol. The van der Waals surface area contributed by atoms with E-state index >= 15 is 0 Å². The van der Waals surface area contributed by atoms with Gasteiger partial charge >= 0.3 is 0 Å². The molecule has 3 heteroatoms. The average molecular weight is 242 g/mol. The summed E-state index contributed by atoms with van der Waals surface area (Å²) < 4.78 is 0. The zero-order valence-corrected chi connectivity index (χ0v) is 12.0. The van der Waals surface area contributed by atoms with Crippen LogP contribution in [0.1, 0.15) is 53.4 Å². The minimum Gasteiger partial charge on any atom is -0.394 e. The van der Waals surface area contributed by atoms with Gasteiger partial charge in [-0.1, -0.05) is 6.92 Å². The van der Waals surface area contributed by atoms with Crippen molar-refractivity contribution in [3.8, 4) is 0 Å². The Bertz CT molecular complexity index is 222. The molecule has 0 aromatic rings. The second-order valence-corrected chi connectivity index (χ2v) is 5.93. The van der Waals surface area contributed by atoms with Crippen LogP contribution in [0.2, 0.25) is 0 Å². The van der Waals surface area contributed by atoms with Gasteiger partial charge in [-0.2, -0.15) is 0 Å². The van der Waals surface area contributed by atoms with E-state index in [1.54, 1.807) is 0 Å². The third kappa shape index (κ3) is 4.23. The number of likely N-dealkylation sites (tertiary alicyclic amines) is 1. The van der Waals surface area contributed by atoms with E-state index in [-0.39, 0.29) is 12.1 Å². The van der Waals surface area contributed by atoms with Crippen molar-refractivity contribution in [2.24, 2.45) is 0 Å². The molecule has 1 heterocycles. The molecule has 1 saturated heterocycles. The van der Waals surface area contributed by atoms with Crippen LogP contribution in [-0.4, -0.2) is 47.3 Å². The maximum Gasteiger partial charge on any atom is 0.0611 e. The summed E-state index contributed by atoms with van der Waals surface area (Å²) in [6.45, 7) is 11.3. The number of aliphatic hydroxyl groups excluding tert-OH is 1. The Morgan fingerprint density at radius 1 is 1.53 bits per heavy atom. The summed E-state index contributed by atoms with van der Waals surface area (Å²) in [4.78, 5) is 2.58. The molecule has 3 atom stereocenters. The van der Waals surface area contributed by atoms with E-state index in [0.29, 0.717) is 12.1 Å². The van der Waals surface area contributed by atoms with Crippen molar-refractivity contribution >= 4 is 0 Å². The molecule has 0 aliphatic carbocycles. The zero-order chi connectivity index (χ0) is 12.9. The number of aliphatic hydroxyl groups is 1. The van der Waals surface area contributed by atoms with Crippen molar-refractivity contribution in [1.29, 1.82) is 0 Å². The highest BCUT2D eigenvalue weighted by molar-refractivity contribution is 4.89. The Morgan fingerprint density at radius 2 is 2.24 bits per heavy atom. The summed E-state index contributed by atoms with van der Waals surface area (Å²) in [5.41, 5.74) is -0.127. The first-order valence-electron chi connectivity index (χ1n) is 7.14. The molecule has 0 bridgehead atoms. The molecule has 3 unspecified atom stereocenters. The van der Waals surface area contributed by atoms with Gasteiger partial charge in [0.15, 0.2) is 0 Å². The van der Waals surface area contributed by atoms with Crippen LogP contribution in [0, 0.1) is 0 Å². The van der Waals surface area contributed by atoms with Crippen LogP contribution in [0.4, 0.5) is 0 Å². The van der Waals surface area contributed by atoms with Crippen molar-refractivity contribution in [1.82, 2.24) is 10.2 Å². The third-order valence-electron chi connectivity index (χ3n) is 4.07. The van der Waals surface area contributed by atoms with E-state index < -0.39 is 0 Å². The Morgan fingerprint density at radius 3 is 2.71 bits per heavy atom. The van der Waals surface area contributed by atoms with E-state index in [1.807, 2.05) is 0 Å². The largest absolute Gasteiger partial charge is 0.394 e. The fourth-order valence-electron chi connectivity index (χ4n) is 3.00. The van der Waals surface area contributed by atoms with Crippen molar-refractivity contribution in [3.63, 3.8) is 0 Å². The van der Waals surface area contributed by atoms with Crippen LogP contribution in [0.3, 0.4) is 0 Å². The fourth-order valence-corrected chi connectivity index (χ4v) is 3.00. The minimum absolute atomic E-state index is 0.127. The lowest BCUT2D eigenvalue weighted by molar-refractivity contribution is 0.111. The van der Waals surface area contributed by atoms with Gasteiger partial charge in [0.05, 0.1) is 6.61 Å². The number of nitrogens with one attached hydrogen (secondary N) is 1. The molecule has 2 N–H and O–H groups in total. The molecule has 17 heavy (non-hydrogen) atoms. The summed E-state index contributed by atoms with van der Waals surface area (Å²) in [5.74, 6) is 0. The molecule has 0 aromatic heterocycles. The van der Waals surface area contributed by atoms with Crippen LogP contribution in [0.25, 0.3) is 0 Å². The standard InChI is InChI=1S/C14H30N2O/c1-5-8-15-14(4,11-17)10-13(3)16-9-6-7-12(16)2/h12-13,15,17H,5-11H2,1-4H3. The molecule has 1 aliphatic rings. The van der Waals surface area contributed by atoms with Gasteiger partial charge in [-0.3, -0.25) is 4.90 Å². The van der Waals surface area contributed by atoms with Crippen LogP contribution < -0.4 is 5.32 Å². The predicted octanol–water partition coefficient (Wildman–Crippen LogP) is 2.00. The van der Waals surface area contributed by atoms with E-state index in [1.165, 1.54) is 19.4 Å². The van der Waals surface area contributed by atoms with Crippen molar-refractivity contribution in [2.45, 2.75) is 71.0 Å². The molecule has 0 saturated carbocycles. The van der Waals surface area contributed by atoms with E-state index in [0.717, 1.165) is 19.4 Å². The highest BCUT2D eigenvalue weighted by atomic mass is 16.3. The van der Waals surface area contributed by atoms with Gasteiger partial charge in [-0.05, 0) is 59.5 Å². The van der Waals surface area contributed by atoms with Crippen molar-refractivity contribution in [3.05, 3.63) is 0 Å². The first-order chi connectivity index (χ1) is 8.02. The Labute approximate surface area is 107 Å². The lowest BCUT2D eigenvalue weighted by Crippen LogP contribution is -2.51. The van der Waals surface area contributed by atoms with Gasteiger partial charge in [-0.25, -0.2) is 0 Å². The molecule has 1 rings (SSSR count). The monoisotopic (exact) mass is 242 g/mol. The molecular formula is C14H30N2O. The fraction of sp³-hybridized carbons (Fsp3) is 1.00. The summed E-state index contributed by atoms with van der Waals surface area (Å²) >= 11 is 0. The van der Waals surface area contributed by atoms with E-state index in [2.05, 4.69) is 37.9 Å². The van der Waals surface area contributed by atoms with Gasteiger partial charge in [0, 0.05) is 17.6 Å². The van der Waals surface area contributed by atoms with E-state index in [9.17, 15) is 5.11 Å². The summed E-state index contributed by atoms with van der Waals surface area (Å²) in [6, 6.07) is 1.26. The molecule has 3 nitrogen and oxygen atoms in total. The average Bonchev–Trinajstić information content (AvgIpc) is 2.73. The SMILES string of the molecule is CCCNC(C)(CO)CC(C)N1CCCC1C. The normalized spacial score (nSPS) is 27.0. The van der Waals surface area contributed by atoms with Gasteiger partial charge in [0.1, 0.15) is 0 Å². The molecule has 0 spiro atoms. The topological polar surface area (TPSA) is 35.5 Å². The summed E-state index contributed by atoms with van der Waals surface area (Å²) in [7, 11) is 0. The first-order valence-corrected chi connectivity index (χ1v) is 7.14. The minimum atomic E-state index is -0.127. The Hall–Kier alpha value is -0.120.